The summed E-state index contributed by atoms with van der Waals surface area (Å²) < 4.78 is 7.10. The third-order valence-electron chi connectivity index (χ3n) is 5.18. The van der Waals surface area contributed by atoms with Crippen LogP contribution in [-0.4, -0.2) is 43.4 Å². The molecule has 7 heteroatoms. The molecular formula is C17H17N5O2. The van der Waals surface area contributed by atoms with Crippen LogP contribution in [0.25, 0.3) is 22.4 Å². The number of pyridine rings is 1. The lowest BCUT2D eigenvalue weighted by Gasteiger charge is -2.34. The molecule has 0 radical (unpaired) electrons. The Morgan fingerprint density at radius 2 is 2.12 bits per heavy atom. The van der Waals surface area contributed by atoms with Crippen molar-refractivity contribution in [1.29, 1.82) is 0 Å². The van der Waals surface area contributed by atoms with Crippen LogP contribution in [0.4, 0.5) is 0 Å². The van der Waals surface area contributed by atoms with Gasteiger partial charge in [-0.2, -0.15) is 0 Å². The van der Waals surface area contributed by atoms with E-state index in [0.29, 0.717) is 11.7 Å². The molecule has 3 aromatic heterocycles. The minimum Gasteiger partial charge on any atom is -0.464 e. The monoisotopic (exact) mass is 323 g/mol. The lowest BCUT2D eigenvalue weighted by molar-refractivity contribution is -0.134. The first-order valence-corrected chi connectivity index (χ1v) is 8.36. The number of likely N-dealkylation sites (tertiary alicyclic amines) is 1. The first-order chi connectivity index (χ1) is 11.8. The summed E-state index contributed by atoms with van der Waals surface area (Å²) in [4.78, 5) is 19.1. The average molecular weight is 323 g/mol. The predicted molar refractivity (Wildman–Crippen MR) is 86.0 cm³/mol. The van der Waals surface area contributed by atoms with Crippen molar-refractivity contribution >= 4 is 16.9 Å². The third-order valence-corrected chi connectivity index (χ3v) is 5.18. The van der Waals surface area contributed by atoms with Crippen LogP contribution in [0, 0.1) is 0 Å². The van der Waals surface area contributed by atoms with Crippen molar-refractivity contribution < 1.29 is 9.21 Å². The molecule has 1 saturated heterocycles. The molecule has 1 aliphatic heterocycles. The number of nitrogens with zero attached hydrogens (tertiary/aromatic N) is 5. The van der Waals surface area contributed by atoms with Crippen LogP contribution in [0.1, 0.15) is 31.7 Å². The largest absolute Gasteiger partial charge is 0.464 e. The molecule has 7 nitrogen and oxygen atoms in total. The Bertz CT molecular complexity index is 910. The maximum absolute atomic E-state index is 12.7. The Hall–Kier alpha value is -2.70. The van der Waals surface area contributed by atoms with Crippen LogP contribution in [0.2, 0.25) is 0 Å². The molecule has 0 bridgehead atoms. The van der Waals surface area contributed by atoms with Crippen LogP contribution in [0.15, 0.2) is 35.2 Å². The highest BCUT2D eigenvalue weighted by molar-refractivity contribution is 5.90. The smallest absolute Gasteiger partial charge is 0.247 e. The highest BCUT2D eigenvalue weighted by Crippen LogP contribution is 2.33. The molecule has 1 unspecified atom stereocenters. The fraction of sp³-hybridized carbons (Fsp3) is 0.412. The Morgan fingerprint density at radius 3 is 2.96 bits per heavy atom. The number of hydrogen-bond donors (Lipinski definition) is 0. The van der Waals surface area contributed by atoms with Crippen molar-refractivity contribution in [1.82, 2.24) is 24.9 Å². The number of carbonyl (C=O) groups excluding carboxylic acids is 1. The van der Waals surface area contributed by atoms with Crippen molar-refractivity contribution in [3.05, 3.63) is 30.8 Å². The molecule has 24 heavy (non-hydrogen) atoms. The van der Waals surface area contributed by atoms with Gasteiger partial charge >= 0.3 is 0 Å². The average Bonchev–Trinajstić information content (AvgIpc) is 3.25. The normalized spacial score (nSPS) is 21.6. The standard InChI is InChI=1S/C17H17N5O2/c23-17-14(5-8-21(17)11-2-1-3-11)22-10-13(19-20-22)16-12-6-9-24-15(12)4-7-18-16/h4,6-7,9-11,14H,1-3,5,8H2. The van der Waals surface area contributed by atoms with E-state index in [1.807, 2.05) is 23.2 Å². The molecule has 1 aliphatic carbocycles. The van der Waals surface area contributed by atoms with Gasteiger partial charge in [0.15, 0.2) is 0 Å². The van der Waals surface area contributed by atoms with Gasteiger partial charge in [0, 0.05) is 24.2 Å². The van der Waals surface area contributed by atoms with Crippen molar-refractivity contribution in [3.8, 4) is 11.4 Å². The van der Waals surface area contributed by atoms with E-state index in [1.54, 1.807) is 17.1 Å². The molecule has 2 fully saturated rings. The number of amides is 1. The highest BCUT2D eigenvalue weighted by Gasteiger charge is 2.39. The number of rotatable bonds is 3. The van der Waals surface area contributed by atoms with E-state index in [9.17, 15) is 4.79 Å². The molecule has 3 aromatic rings. The minimum absolute atomic E-state index is 0.172. The van der Waals surface area contributed by atoms with Gasteiger partial charge in [-0.15, -0.1) is 5.10 Å². The molecule has 0 spiro atoms. The molecule has 4 heterocycles. The lowest BCUT2D eigenvalue weighted by Crippen LogP contribution is -2.42. The van der Waals surface area contributed by atoms with E-state index in [1.165, 1.54) is 6.42 Å². The number of aromatic nitrogens is 4. The molecule has 1 atom stereocenters. The van der Waals surface area contributed by atoms with Crippen molar-refractivity contribution in [3.63, 3.8) is 0 Å². The Morgan fingerprint density at radius 1 is 1.21 bits per heavy atom. The molecule has 1 amide bonds. The SMILES string of the molecule is O=C1C(n2cc(-c3nccc4occc34)nn2)CCN1C1CCC1. The summed E-state index contributed by atoms with van der Waals surface area (Å²) in [5.41, 5.74) is 2.16. The van der Waals surface area contributed by atoms with Crippen LogP contribution in [0.5, 0.6) is 0 Å². The van der Waals surface area contributed by atoms with Gasteiger partial charge in [0.1, 0.15) is 23.0 Å². The van der Waals surface area contributed by atoms with Crippen LogP contribution < -0.4 is 0 Å². The molecule has 5 rings (SSSR count). The van der Waals surface area contributed by atoms with Crippen molar-refractivity contribution in [2.75, 3.05) is 6.54 Å². The summed E-state index contributed by atoms with van der Waals surface area (Å²) in [6.45, 7) is 0.818. The number of furan rings is 1. The van der Waals surface area contributed by atoms with E-state index in [2.05, 4.69) is 15.3 Å². The van der Waals surface area contributed by atoms with Gasteiger partial charge < -0.3 is 9.32 Å². The molecule has 1 saturated carbocycles. The van der Waals surface area contributed by atoms with E-state index < -0.39 is 0 Å². The van der Waals surface area contributed by atoms with E-state index in [4.69, 9.17) is 4.42 Å². The number of carbonyl (C=O) groups is 1. The van der Waals surface area contributed by atoms with E-state index >= 15 is 0 Å². The quantitative estimate of drug-likeness (QED) is 0.740. The zero-order valence-electron chi connectivity index (χ0n) is 13.1. The molecule has 122 valence electrons. The van der Waals surface area contributed by atoms with Crippen LogP contribution in [0.3, 0.4) is 0 Å². The summed E-state index contributed by atoms with van der Waals surface area (Å²) in [7, 11) is 0. The van der Waals surface area contributed by atoms with E-state index in [-0.39, 0.29) is 11.9 Å². The Kier molecular flexibility index (Phi) is 2.95. The number of fused-ring (bicyclic) bond motifs is 1. The Labute approximate surface area is 138 Å². The zero-order valence-corrected chi connectivity index (χ0v) is 13.1. The van der Waals surface area contributed by atoms with Gasteiger partial charge in [0.05, 0.1) is 12.5 Å². The third kappa shape index (κ3) is 1.97. The fourth-order valence-electron chi connectivity index (χ4n) is 3.63. The summed E-state index contributed by atoms with van der Waals surface area (Å²) in [6, 6.07) is 3.89. The summed E-state index contributed by atoms with van der Waals surface area (Å²) in [6.07, 6.45) is 9.44. The molecule has 2 aliphatic rings. The summed E-state index contributed by atoms with van der Waals surface area (Å²) in [5.74, 6) is 0.172. The van der Waals surface area contributed by atoms with E-state index in [0.717, 1.165) is 42.5 Å². The van der Waals surface area contributed by atoms with Crippen molar-refractivity contribution in [2.24, 2.45) is 0 Å². The molecule has 0 N–H and O–H groups in total. The van der Waals surface area contributed by atoms with Gasteiger partial charge in [-0.1, -0.05) is 5.21 Å². The van der Waals surface area contributed by atoms with Gasteiger partial charge in [-0.3, -0.25) is 9.78 Å². The minimum atomic E-state index is -0.240. The second-order valence-electron chi connectivity index (χ2n) is 6.50. The first kappa shape index (κ1) is 13.7. The molecule has 0 aromatic carbocycles. The maximum Gasteiger partial charge on any atom is 0.247 e. The summed E-state index contributed by atoms with van der Waals surface area (Å²) >= 11 is 0. The lowest BCUT2D eigenvalue weighted by atomic mass is 9.92. The summed E-state index contributed by atoms with van der Waals surface area (Å²) in [5, 5.41) is 9.34. The van der Waals surface area contributed by atoms with Crippen LogP contribution in [-0.2, 0) is 4.79 Å². The number of hydrogen-bond acceptors (Lipinski definition) is 5. The van der Waals surface area contributed by atoms with Gasteiger partial charge in [0.2, 0.25) is 5.91 Å². The van der Waals surface area contributed by atoms with Gasteiger partial charge in [0.25, 0.3) is 0 Å². The second kappa shape index (κ2) is 5.15. The molecular weight excluding hydrogens is 306 g/mol. The fourth-order valence-corrected chi connectivity index (χ4v) is 3.63. The second-order valence-corrected chi connectivity index (χ2v) is 6.50. The predicted octanol–water partition coefficient (Wildman–Crippen LogP) is 2.41. The maximum atomic E-state index is 12.7. The topological polar surface area (TPSA) is 77.0 Å². The van der Waals surface area contributed by atoms with Crippen molar-refractivity contribution in [2.45, 2.75) is 37.8 Å². The zero-order chi connectivity index (χ0) is 16.1. The Balaban J connectivity index is 1.45. The van der Waals surface area contributed by atoms with Gasteiger partial charge in [-0.25, -0.2) is 4.68 Å². The highest BCUT2D eigenvalue weighted by atomic mass is 16.3. The first-order valence-electron chi connectivity index (χ1n) is 8.36. The van der Waals surface area contributed by atoms with Gasteiger partial charge in [-0.05, 0) is 37.8 Å². The van der Waals surface area contributed by atoms with Crippen LogP contribution >= 0.6 is 0 Å².